The summed E-state index contributed by atoms with van der Waals surface area (Å²) < 4.78 is 0. The summed E-state index contributed by atoms with van der Waals surface area (Å²) in [6, 6.07) is 6.80. The maximum atomic E-state index is 9.17. The molecule has 17 heavy (non-hydrogen) atoms. The van der Waals surface area contributed by atoms with Crippen LogP contribution < -0.4 is 5.32 Å². The van der Waals surface area contributed by atoms with Crippen molar-refractivity contribution in [3.05, 3.63) is 29.3 Å². The first kappa shape index (κ1) is 14.6. The van der Waals surface area contributed by atoms with Gasteiger partial charge in [-0.25, -0.2) is 0 Å². The van der Waals surface area contributed by atoms with Crippen molar-refractivity contribution in [3.63, 3.8) is 0 Å². The maximum Gasteiger partial charge on any atom is 0.0584 e. The minimum Gasteiger partial charge on any atom is -0.395 e. The van der Waals surface area contributed by atoms with E-state index >= 15 is 0 Å². The normalized spacial score (nSPS) is 12.7. The van der Waals surface area contributed by atoms with Crippen molar-refractivity contribution in [3.8, 4) is 0 Å². The molecule has 0 fully saturated rings. The summed E-state index contributed by atoms with van der Waals surface area (Å²) in [7, 11) is 0. The molecule has 0 spiro atoms. The Labute approximate surface area is 109 Å². The molecule has 3 heteroatoms. The Balaban J connectivity index is 2.39. The van der Waals surface area contributed by atoms with E-state index in [9.17, 15) is 5.11 Å². The van der Waals surface area contributed by atoms with Crippen LogP contribution in [0.15, 0.2) is 23.1 Å². The summed E-state index contributed by atoms with van der Waals surface area (Å²) in [4.78, 5) is 1.35. The van der Waals surface area contributed by atoms with Crippen LogP contribution in [0.5, 0.6) is 0 Å². The number of likely N-dealkylation sites (N-methyl/N-ethyl adjacent to an activating group) is 1. The first-order valence-electron chi connectivity index (χ1n) is 6.21. The first-order valence-corrected chi connectivity index (χ1v) is 7.20. The van der Waals surface area contributed by atoms with E-state index in [1.165, 1.54) is 16.0 Å². The quantitative estimate of drug-likeness (QED) is 0.733. The Morgan fingerprint density at radius 1 is 1.35 bits per heavy atom. The fourth-order valence-corrected chi connectivity index (χ4v) is 2.89. The van der Waals surface area contributed by atoms with Crippen LogP contribution in [0.25, 0.3) is 0 Å². The monoisotopic (exact) mass is 253 g/mol. The van der Waals surface area contributed by atoms with Gasteiger partial charge in [0, 0.05) is 10.9 Å². The van der Waals surface area contributed by atoms with E-state index in [1.807, 2.05) is 11.8 Å². The Kier molecular flexibility index (Phi) is 6.63. The average Bonchev–Trinajstić information content (AvgIpc) is 2.30. The zero-order valence-corrected chi connectivity index (χ0v) is 11.8. The second kappa shape index (κ2) is 7.75. The number of hydrogen-bond acceptors (Lipinski definition) is 3. The highest BCUT2D eigenvalue weighted by molar-refractivity contribution is 7.99. The molecule has 1 unspecified atom stereocenters. The molecular weight excluding hydrogens is 230 g/mol. The number of aliphatic hydroxyl groups excluding tert-OH is 1. The van der Waals surface area contributed by atoms with Gasteiger partial charge in [0.1, 0.15) is 0 Å². The van der Waals surface area contributed by atoms with Crippen LogP contribution in [-0.4, -0.2) is 30.1 Å². The van der Waals surface area contributed by atoms with Gasteiger partial charge in [-0.15, -0.1) is 11.8 Å². The van der Waals surface area contributed by atoms with Gasteiger partial charge in [0.2, 0.25) is 0 Å². The second-order valence-electron chi connectivity index (χ2n) is 4.34. The fourth-order valence-electron chi connectivity index (χ4n) is 1.82. The fraction of sp³-hybridized carbons (Fsp3) is 0.571. The molecule has 0 aliphatic heterocycles. The third-order valence-electron chi connectivity index (χ3n) is 2.77. The molecule has 1 atom stereocenters. The Hall–Kier alpha value is -0.510. The van der Waals surface area contributed by atoms with Crippen LogP contribution in [0.3, 0.4) is 0 Å². The molecule has 2 N–H and O–H groups in total. The number of thioether (sulfide) groups is 1. The van der Waals surface area contributed by atoms with Gasteiger partial charge in [0.25, 0.3) is 0 Å². The van der Waals surface area contributed by atoms with E-state index in [0.29, 0.717) is 0 Å². The van der Waals surface area contributed by atoms with Gasteiger partial charge >= 0.3 is 0 Å². The van der Waals surface area contributed by atoms with Crippen LogP contribution in [0.1, 0.15) is 24.5 Å². The molecule has 1 rings (SSSR count). The molecule has 96 valence electrons. The van der Waals surface area contributed by atoms with Crippen LogP contribution in [-0.2, 0) is 0 Å². The summed E-state index contributed by atoms with van der Waals surface area (Å²) in [5, 5.41) is 12.5. The standard InChI is InChI=1S/C14H23NOS/c1-4-15-13(10-16)7-8-17-14-6-5-11(2)9-12(14)3/h5-6,9,13,15-16H,4,7-8,10H2,1-3H3. The van der Waals surface area contributed by atoms with Gasteiger partial charge in [-0.1, -0.05) is 24.6 Å². The largest absolute Gasteiger partial charge is 0.395 e. The van der Waals surface area contributed by atoms with E-state index in [1.54, 1.807) is 0 Å². The molecule has 0 amide bonds. The molecule has 0 radical (unpaired) electrons. The third kappa shape index (κ3) is 5.11. The number of rotatable bonds is 7. The van der Waals surface area contributed by atoms with Crippen LogP contribution in [0.2, 0.25) is 0 Å². The van der Waals surface area contributed by atoms with Crippen LogP contribution >= 0.6 is 11.8 Å². The van der Waals surface area contributed by atoms with Gasteiger partial charge in [0.05, 0.1) is 6.61 Å². The molecule has 1 aromatic carbocycles. The number of aliphatic hydroxyl groups is 1. The van der Waals surface area contributed by atoms with Gasteiger partial charge < -0.3 is 10.4 Å². The zero-order chi connectivity index (χ0) is 12.7. The topological polar surface area (TPSA) is 32.3 Å². The van der Waals surface area contributed by atoms with E-state index in [-0.39, 0.29) is 12.6 Å². The van der Waals surface area contributed by atoms with Crippen molar-refractivity contribution in [2.45, 2.75) is 38.1 Å². The van der Waals surface area contributed by atoms with E-state index in [0.717, 1.165) is 18.7 Å². The minimum atomic E-state index is 0.223. The van der Waals surface area contributed by atoms with E-state index < -0.39 is 0 Å². The van der Waals surface area contributed by atoms with Crippen LogP contribution in [0.4, 0.5) is 0 Å². The number of hydrogen-bond donors (Lipinski definition) is 2. The minimum absolute atomic E-state index is 0.223. The maximum absolute atomic E-state index is 9.17. The Bertz CT molecular complexity index is 341. The van der Waals surface area contributed by atoms with Gasteiger partial charge in [0.15, 0.2) is 0 Å². The molecule has 0 aliphatic rings. The summed E-state index contributed by atoms with van der Waals surface area (Å²) >= 11 is 1.87. The van der Waals surface area contributed by atoms with Crippen molar-refractivity contribution in [1.82, 2.24) is 5.32 Å². The lowest BCUT2D eigenvalue weighted by atomic mass is 10.2. The molecule has 0 bridgehead atoms. The summed E-state index contributed by atoms with van der Waals surface area (Å²) in [6.45, 7) is 7.48. The van der Waals surface area contributed by atoms with Crippen LogP contribution in [0, 0.1) is 13.8 Å². The average molecular weight is 253 g/mol. The lowest BCUT2D eigenvalue weighted by Gasteiger charge is -2.14. The third-order valence-corrected chi connectivity index (χ3v) is 3.98. The predicted octanol–water partition coefficient (Wildman–Crippen LogP) is 2.76. The Morgan fingerprint density at radius 3 is 2.71 bits per heavy atom. The van der Waals surface area contributed by atoms with Crippen molar-refractivity contribution < 1.29 is 5.11 Å². The highest BCUT2D eigenvalue weighted by atomic mass is 32.2. The van der Waals surface area contributed by atoms with E-state index in [4.69, 9.17) is 0 Å². The van der Waals surface area contributed by atoms with E-state index in [2.05, 4.69) is 44.3 Å². The van der Waals surface area contributed by atoms with Crippen molar-refractivity contribution in [1.29, 1.82) is 0 Å². The molecular formula is C14H23NOS. The zero-order valence-electron chi connectivity index (χ0n) is 11.0. The SMILES string of the molecule is CCNC(CO)CCSc1ccc(C)cc1C. The first-order chi connectivity index (χ1) is 8.17. The molecule has 0 saturated carbocycles. The smallest absolute Gasteiger partial charge is 0.0584 e. The van der Waals surface area contributed by atoms with Gasteiger partial charge in [-0.3, -0.25) is 0 Å². The van der Waals surface area contributed by atoms with Crippen molar-refractivity contribution in [2.24, 2.45) is 0 Å². The van der Waals surface area contributed by atoms with Crippen molar-refractivity contribution in [2.75, 3.05) is 18.9 Å². The lowest BCUT2D eigenvalue weighted by molar-refractivity contribution is 0.242. The summed E-state index contributed by atoms with van der Waals surface area (Å²) in [6.07, 6.45) is 1.00. The molecule has 2 nitrogen and oxygen atoms in total. The summed E-state index contributed by atoms with van der Waals surface area (Å²) in [5.74, 6) is 1.04. The molecule has 0 aliphatic carbocycles. The van der Waals surface area contributed by atoms with Crippen molar-refractivity contribution >= 4 is 11.8 Å². The second-order valence-corrected chi connectivity index (χ2v) is 5.48. The highest BCUT2D eigenvalue weighted by Crippen LogP contribution is 2.24. The Morgan fingerprint density at radius 2 is 2.12 bits per heavy atom. The summed E-state index contributed by atoms with van der Waals surface area (Å²) in [5.41, 5.74) is 2.66. The molecule has 0 heterocycles. The molecule has 1 aromatic rings. The predicted molar refractivity (Wildman–Crippen MR) is 75.8 cm³/mol. The molecule has 0 aromatic heterocycles. The number of benzene rings is 1. The number of aryl methyl sites for hydroxylation is 2. The molecule has 0 saturated heterocycles. The number of nitrogens with one attached hydrogen (secondary N) is 1. The highest BCUT2D eigenvalue weighted by Gasteiger charge is 2.06. The van der Waals surface area contributed by atoms with Gasteiger partial charge in [-0.2, -0.15) is 0 Å². The lowest BCUT2D eigenvalue weighted by Crippen LogP contribution is -2.32. The van der Waals surface area contributed by atoms with Gasteiger partial charge in [-0.05, 0) is 44.2 Å².